The number of aliphatic carboxylic acids is 1. The van der Waals surface area contributed by atoms with Crippen LogP contribution in [-0.2, 0) is 4.79 Å². The number of carbonyl (C=O) groups is 1. The Hall–Kier alpha value is -1.97. The van der Waals surface area contributed by atoms with Crippen LogP contribution in [0.5, 0.6) is 5.75 Å². The van der Waals surface area contributed by atoms with Crippen LogP contribution in [0.15, 0.2) is 24.3 Å². The van der Waals surface area contributed by atoms with Gasteiger partial charge in [-0.3, -0.25) is 0 Å². The van der Waals surface area contributed by atoms with Gasteiger partial charge in [-0.1, -0.05) is 19.9 Å². The Kier molecular flexibility index (Phi) is 5.24. The van der Waals surface area contributed by atoms with Gasteiger partial charge in [0.05, 0.1) is 12.3 Å². The minimum atomic E-state index is -0.981. The third kappa shape index (κ3) is 4.91. The fraction of sp³-hybridized carbons (Fsp3) is 0.357. The molecule has 4 nitrogen and oxygen atoms in total. The second kappa shape index (κ2) is 6.69. The van der Waals surface area contributed by atoms with Gasteiger partial charge in [-0.05, 0) is 36.1 Å². The quantitative estimate of drug-likeness (QED) is 0.600. The minimum Gasteiger partial charge on any atom is -0.491 e. The molecule has 0 heterocycles. The van der Waals surface area contributed by atoms with Gasteiger partial charge in [0, 0.05) is 6.08 Å². The maximum absolute atomic E-state index is 10.4. The van der Waals surface area contributed by atoms with Gasteiger partial charge < -0.3 is 15.6 Å². The highest BCUT2D eigenvalue weighted by Crippen LogP contribution is 2.23. The zero-order valence-electron chi connectivity index (χ0n) is 10.7. The highest BCUT2D eigenvalue weighted by Gasteiger charge is 2.02. The smallest absolute Gasteiger partial charge is 0.328 e. The van der Waals surface area contributed by atoms with Crippen LogP contribution in [0.25, 0.3) is 6.08 Å². The van der Waals surface area contributed by atoms with E-state index in [1.165, 1.54) is 6.08 Å². The van der Waals surface area contributed by atoms with Gasteiger partial charge in [-0.15, -0.1) is 0 Å². The van der Waals surface area contributed by atoms with Crippen LogP contribution < -0.4 is 10.5 Å². The number of nitrogen functional groups attached to an aromatic ring is 1. The molecule has 98 valence electrons. The lowest BCUT2D eigenvalue weighted by molar-refractivity contribution is -0.131. The molecular formula is C14H19NO3. The van der Waals surface area contributed by atoms with Crippen molar-refractivity contribution in [3.63, 3.8) is 0 Å². The molecule has 1 rings (SSSR count). The van der Waals surface area contributed by atoms with Crippen molar-refractivity contribution in [2.75, 3.05) is 12.3 Å². The van der Waals surface area contributed by atoms with E-state index in [1.54, 1.807) is 18.2 Å². The molecule has 0 aliphatic heterocycles. The maximum atomic E-state index is 10.4. The Morgan fingerprint density at radius 2 is 2.22 bits per heavy atom. The molecule has 0 aliphatic carbocycles. The number of ether oxygens (including phenoxy) is 1. The topological polar surface area (TPSA) is 72.5 Å². The lowest BCUT2D eigenvalue weighted by Gasteiger charge is -2.10. The first-order valence-electron chi connectivity index (χ1n) is 5.92. The minimum absolute atomic E-state index is 0.520. The molecule has 0 amide bonds. The molecule has 0 atom stereocenters. The van der Waals surface area contributed by atoms with Crippen LogP contribution in [0.2, 0.25) is 0 Å². The fourth-order valence-corrected chi connectivity index (χ4v) is 1.37. The van der Waals surface area contributed by atoms with E-state index in [9.17, 15) is 4.79 Å². The van der Waals surface area contributed by atoms with Crippen molar-refractivity contribution in [3.8, 4) is 5.75 Å². The van der Waals surface area contributed by atoms with Crippen molar-refractivity contribution < 1.29 is 14.6 Å². The van der Waals surface area contributed by atoms with Gasteiger partial charge >= 0.3 is 5.97 Å². The van der Waals surface area contributed by atoms with E-state index in [-0.39, 0.29) is 0 Å². The van der Waals surface area contributed by atoms with Crippen molar-refractivity contribution in [1.29, 1.82) is 0 Å². The summed E-state index contributed by atoms with van der Waals surface area (Å²) in [4.78, 5) is 10.4. The van der Waals surface area contributed by atoms with Crippen molar-refractivity contribution in [1.82, 2.24) is 0 Å². The zero-order valence-corrected chi connectivity index (χ0v) is 10.7. The third-order valence-electron chi connectivity index (χ3n) is 2.40. The summed E-state index contributed by atoms with van der Waals surface area (Å²) in [7, 11) is 0. The lowest BCUT2D eigenvalue weighted by Crippen LogP contribution is -2.03. The number of hydrogen-bond donors (Lipinski definition) is 2. The molecule has 1 aromatic rings. The van der Waals surface area contributed by atoms with Crippen molar-refractivity contribution in [2.24, 2.45) is 5.92 Å². The van der Waals surface area contributed by atoms with Crippen LogP contribution in [0.4, 0.5) is 5.69 Å². The Balaban J connectivity index is 2.65. The van der Waals surface area contributed by atoms with Crippen LogP contribution in [0.3, 0.4) is 0 Å². The predicted octanol–water partition coefficient (Wildman–Crippen LogP) is 2.79. The van der Waals surface area contributed by atoms with E-state index < -0.39 is 5.97 Å². The van der Waals surface area contributed by atoms with E-state index in [4.69, 9.17) is 15.6 Å². The van der Waals surface area contributed by atoms with Crippen LogP contribution in [0.1, 0.15) is 25.8 Å². The predicted molar refractivity (Wildman–Crippen MR) is 72.5 cm³/mol. The van der Waals surface area contributed by atoms with E-state index >= 15 is 0 Å². The van der Waals surface area contributed by atoms with Gasteiger partial charge in [-0.25, -0.2) is 4.79 Å². The van der Waals surface area contributed by atoms with E-state index in [0.29, 0.717) is 24.0 Å². The van der Waals surface area contributed by atoms with Crippen LogP contribution >= 0.6 is 0 Å². The SMILES string of the molecule is CC(C)CCOc1ccc(/C=C\C(=O)O)cc1N. The number of nitrogens with two attached hydrogens (primary N) is 1. The molecule has 0 aromatic heterocycles. The molecule has 0 bridgehead atoms. The second-order valence-corrected chi connectivity index (χ2v) is 4.50. The van der Waals surface area contributed by atoms with Crippen molar-refractivity contribution >= 4 is 17.7 Å². The maximum Gasteiger partial charge on any atom is 0.328 e. The largest absolute Gasteiger partial charge is 0.491 e. The first-order valence-corrected chi connectivity index (χ1v) is 5.92. The van der Waals surface area contributed by atoms with Crippen LogP contribution in [0, 0.1) is 5.92 Å². The second-order valence-electron chi connectivity index (χ2n) is 4.50. The number of benzene rings is 1. The molecule has 0 saturated carbocycles. The van der Waals surface area contributed by atoms with Gasteiger partial charge in [-0.2, -0.15) is 0 Å². The van der Waals surface area contributed by atoms with Crippen molar-refractivity contribution in [3.05, 3.63) is 29.8 Å². The molecule has 1 aromatic carbocycles. The molecule has 0 aliphatic rings. The Morgan fingerprint density at radius 1 is 1.50 bits per heavy atom. The molecular weight excluding hydrogens is 230 g/mol. The third-order valence-corrected chi connectivity index (χ3v) is 2.40. The van der Waals surface area contributed by atoms with E-state index in [1.807, 2.05) is 0 Å². The summed E-state index contributed by atoms with van der Waals surface area (Å²) in [5, 5.41) is 8.52. The highest BCUT2D eigenvalue weighted by atomic mass is 16.5. The highest BCUT2D eigenvalue weighted by molar-refractivity contribution is 5.85. The fourth-order valence-electron chi connectivity index (χ4n) is 1.37. The number of carboxylic acids is 1. The number of anilines is 1. The van der Waals surface area contributed by atoms with E-state index in [2.05, 4.69) is 13.8 Å². The molecule has 0 radical (unpaired) electrons. The standard InChI is InChI=1S/C14H19NO3/c1-10(2)7-8-18-13-5-3-11(9-12(13)15)4-6-14(16)17/h3-6,9-10H,7-8,15H2,1-2H3,(H,16,17)/b6-4-. The van der Waals surface area contributed by atoms with Gasteiger partial charge in [0.25, 0.3) is 0 Å². The summed E-state index contributed by atoms with van der Waals surface area (Å²) in [6.07, 6.45) is 3.55. The number of carboxylic acid groups (broad SMARTS) is 1. The van der Waals surface area contributed by atoms with Crippen LogP contribution in [-0.4, -0.2) is 17.7 Å². The molecule has 0 saturated heterocycles. The average molecular weight is 249 g/mol. The zero-order chi connectivity index (χ0) is 13.5. The summed E-state index contributed by atoms with van der Waals surface area (Å²) in [6.45, 7) is 4.89. The number of hydrogen-bond acceptors (Lipinski definition) is 3. The first kappa shape index (κ1) is 14.1. The summed E-state index contributed by atoms with van der Waals surface area (Å²) in [5.41, 5.74) is 7.10. The Bertz CT molecular complexity index is 439. The van der Waals surface area contributed by atoms with Gasteiger partial charge in [0.15, 0.2) is 0 Å². The Labute approximate surface area is 107 Å². The molecule has 4 heteroatoms. The van der Waals surface area contributed by atoms with E-state index in [0.717, 1.165) is 18.1 Å². The summed E-state index contributed by atoms with van der Waals surface area (Å²) in [5.74, 6) is 0.248. The molecule has 18 heavy (non-hydrogen) atoms. The normalized spacial score (nSPS) is 11.1. The summed E-state index contributed by atoms with van der Waals surface area (Å²) in [6, 6.07) is 5.24. The van der Waals surface area contributed by atoms with Gasteiger partial charge in [0.2, 0.25) is 0 Å². The molecule has 0 spiro atoms. The monoisotopic (exact) mass is 249 g/mol. The Morgan fingerprint density at radius 3 is 2.78 bits per heavy atom. The molecule has 0 fully saturated rings. The summed E-state index contributed by atoms with van der Waals surface area (Å²) < 4.78 is 5.56. The van der Waals surface area contributed by atoms with Crippen molar-refractivity contribution in [2.45, 2.75) is 20.3 Å². The molecule has 3 N–H and O–H groups in total. The molecule has 0 unspecified atom stereocenters. The lowest BCUT2D eigenvalue weighted by atomic mass is 10.1. The average Bonchev–Trinajstić information content (AvgIpc) is 2.28. The summed E-state index contributed by atoms with van der Waals surface area (Å²) >= 11 is 0. The van der Waals surface area contributed by atoms with Gasteiger partial charge in [0.1, 0.15) is 5.75 Å². The first-order chi connectivity index (χ1) is 8.49. The number of rotatable bonds is 6.